The number of carbonyl (C=O) groups excluding carboxylic acids is 2. The molecule has 1 N–H and O–H groups in total. The van der Waals surface area contributed by atoms with Crippen LogP contribution in [0.5, 0.6) is 11.5 Å². The summed E-state index contributed by atoms with van der Waals surface area (Å²) in [4.78, 5) is 45.1. The van der Waals surface area contributed by atoms with Crippen molar-refractivity contribution in [2.75, 3.05) is 6.54 Å². The molecule has 1 fully saturated rings. The molecule has 2 aromatic rings. The van der Waals surface area contributed by atoms with Crippen molar-refractivity contribution < 1.29 is 46.9 Å². The number of aromatic nitrogens is 1. The number of hydrogen-bond acceptors (Lipinski definition) is 7. The van der Waals surface area contributed by atoms with Crippen LogP contribution in [0.3, 0.4) is 0 Å². The van der Waals surface area contributed by atoms with E-state index in [1.807, 2.05) is 6.08 Å². The van der Waals surface area contributed by atoms with E-state index < -0.39 is 47.4 Å². The van der Waals surface area contributed by atoms with Crippen molar-refractivity contribution in [1.82, 2.24) is 9.88 Å². The minimum atomic E-state index is -4.86. The highest BCUT2D eigenvalue weighted by atomic mass is 19.4. The minimum Gasteiger partial charge on any atom is -0.483 e. The topological polar surface area (TPSA) is 115 Å². The van der Waals surface area contributed by atoms with Crippen molar-refractivity contribution in [1.29, 1.82) is 0 Å². The summed E-state index contributed by atoms with van der Waals surface area (Å²) in [5, 5.41) is 10.6. The summed E-state index contributed by atoms with van der Waals surface area (Å²) in [5.74, 6) is -2.94. The lowest BCUT2D eigenvalue weighted by Crippen LogP contribution is -2.46. The van der Waals surface area contributed by atoms with Gasteiger partial charge in [-0.2, -0.15) is 0 Å². The third kappa shape index (κ3) is 8.46. The number of nitrogens with zero attached hydrogens (tertiary/aromatic N) is 2. The highest BCUT2D eigenvalue weighted by molar-refractivity contribution is 5.89. The highest BCUT2D eigenvalue weighted by Gasteiger charge is 2.53. The van der Waals surface area contributed by atoms with E-state index in [9.17, 15) is 32.7 Å². The molecule has 0 radical (unpaired) electrons. The van der Waals surface area contributed by atoms with Gasteiger partial charge in [-0.15, -0.1) is 19.8 Å². The van der Waals surface area contributed by atoms with E-state index in [1.54, 1.807) is 27.7 Å². The number of halogens is 3. The highest BCUT2D eigenvalue weighted by Crippen LogP contribution is 2.45. The molecule has 3 atom stereocenters. The number of unbranched alkanes of at least 4 members (excludes halogenated alkanes) is 3. The number of allylic oxidation sites excluding steroid dienone is 1. The number of alkyl halides is 3. The number of pyridine rings is 1. The maximum Gasteiger partial charge on any atom is 0.573 e. The average Bonchev–Trinajstić information content (AvgIpc) is 3.29. The zero-order valence-corrected chi connectivity index (χ0v) is 26.2. The van der Waals surface area contributed by atoms with E-state index in [-0.39, 0.29) is 25.1 Å². The van der Waals surface area contributed by atoms with Crippen LogP contribution < -0.4 is 9.47 Å². The minimum absolute atomic E-state index is 0.0146. The molecular formula is C33H41F3N2O7. The molecule has 45 heavy (non-hydrogen) atoms. The van der Waals surface area contributed by atoms with Gasteiger partial charge in [0.15, 0.2) is 0 Å². The van der Waals surface area contributed by atoms with Gasteiger partial charge in [0, 0.05) is 23.3 Å². The number of amides is 1. The first-order valence-electron chi connectivity index (χ1n) is 15.2. The van der Waals surface area contributed by atoms with Crippen LogP contribution in [-0.2, 0) is 25.5 Å². The number of benzene rings is 1. The SMILES string of the molecule is C=CCCCCC[C@H](CC(=O)OC(C)(C)C)C(=O)N1CC2(CCc3c(c(C)nc4ccc(OC(F)(F)F)cc34)O2)C[C@H]1C(=O)O. The van der Waals surface area contributed by atoms with Crippen molar-refractivity contribution in [2.24, 2.45) is 5.92 Å². The second-order valence-corrected chi connectivity index (χ2v) is 13.0. The van der Waals surface area contributed by atoms with Crippen LogP contribution in [0.2, 0.25) is 0 Å². The number of likely N-dealkylation sites (tertiary alicyclic amines) is 1. The molecule has 1 aromatic carbocycles. The smallest absolute Gasteiger partial charge is 0.483 e. The number of fused-ring (bicyclic) bond motifs is 3. The van der Waals surface area contributed by atoms with E-state index in [2.05, 4.69) is 16.3 Å². The Labute approximate surface area is 260 Å². The van der Waals surface area contributed by atoms with Crippen LogP contribution in [0, 0.1) is 12.8 Å². The lowest BCUT2D eigenvalue weighted by atomic mass is 9.87. The van der Waals surface area contributed by atoms with Crippen LogP contribution in [0.1, 0.15) is 83.4 Å². The van der Waals surface area contributed by atoms with Crippen molar-refractivity contribution >= 4 is 28.7 Å². The Bertz CT molecular complexity index is 1450. The molecule has 0 saturated carbocycles. The number of rotatable bonds is 11. The van der Waals surface area contributed by atoms with E-state index in [4.69, 9.17) is 9.47 Å². The molecule has 3 heterocycles. The van der Waals surface area contributed by atoms with E-state index in [1.165, 1.54) is 23.1 Å². The van der Waals surface area contributed by atoms with Crippen LogP contribution in [-0.4, -0.2) is 63.0 Å². The molecule has 1 amide bonds. The number of carbonyl (C=O) groups is 3. The lowest BCUT2D eigenvalue weighted by Gasteiger charge is -2.36. The molecule has 246 valence electrons. The summed E-state index contributed by atoms with van der Waals surface area (Å²) in [6.45, 7) is 10.6. The zero-order valence-electron chi connectivity index (χ0n) is 26.2. The molecule has 1 saturated heterocycles. The number of aryl methyl sites for hydroxylation is 2. The number of aliphatic carboxylic acids is 1. The molecule has 1 aromatic heterocycles. The van der Waals surface area contributed by atoms with E-state index in [0.29, 0.717) is 53.6 Å². The number of ether oxygens (including phenoxy) is 3. The predicted octanol–water partition coefficient (Wildman–Crippen LogP) is 6.68. The van der Waals surface area contributed by atoms with Gasteiger partial charge in [0.1, 0.15) is 28.7 Å². The Balaban J connectivity index is 1.60. The Kier molecular flexibility index (Phi) is 10.0. The third-order valence-corrected chi connectivity index (χ3v) is 8.18. The van der Waals surface area contributed by atoms with Gasteiger partial charge in [0.2, 0.25) is 5.91 Å². The first-order valence-corrected chi connectivity index (χ1v) is 15.2. The standard InChI is InChI=1S/C33H41F3N2O7/c1-6-7-8-9-10-11-21(16-27(39)44-31(3,4)5)29(40)38-19-32(18-26(38)30(41)42)15-14-23-24-17-22(43-33(34,35)36)12-13-25(24)37-20(2)28(23)45-32/h6,12-13,17,21,26H,1,7-11,14-16,18-19H2,2-5H3,(H,41,42)/t21-,26+,32?/m1/s1. The van der Waals surface area contributed by atoms with Crippen LogP contribution in [0.15, 0.2) is 30.9 Å². The predicted molar refractivity (Wildman–Crippen MR) is 160 cm³/mol. The van der Waals surface area contributed by atoms with Gasteiger partial charge in [-0.05, 0) is 78.0 Å². The molecule has 12 heteroatoms. The van der Waals surface area contributed by atoms with Gasteiger partial charge in [0.25, 0.3) is 0 Å². The van der Waals surface area contributed by atoms with Gasteiger partial charge in [-0.25, -0.2) is 9.78 Å². The fraction of sp³-hybridized carbons (Fsp3) is 0.576. The van der Waals surface area contributed by atoms with Gasteiger partial charge in [-0.3, -0.25) is 9.59 Å². The largest absolute Gasteiger partial charge is 0.573 e. The summed E-state index contributed by atoms with van der Waals surface area (Å²) in [7, 11) is 0. The Morgan fingerprint density at radius 1 is 1.22 bits per heavy atom. The Morgan fingerprint density at radius 3 is 2.60 bits per heavy atom. The van der Waals surface area contributed by atoms with Gasteiger partial charge < -0.3 is 24.2 Å². The summed E-state index contributed by atoms with van der Waals surface area (Å²) < 4.78 is 54.8. The lowest BCUT2D eigenvalue weighted by molar-refractivity contribution is -0.274. The monoisotopic (exact) mass is 634 g/mol. The van der Waals surface area contributed by atoms with Crippen LogP contribution in [0.4, 0.5) is 13.2 Å². The molecule has 2 aliphatic heterocycles. The van der Waals surface area contributed by atoms with Crippen LogP contribution >= 0.6 is 0 Å². The molecule has 1 spiro atoms. The van der Waals surface area contributed by atoms with Crippen molar-refractivity contribution in [3.8, 4) is 11.5 Å². The first-order chi connectivity index (χ1) is 21.0. The second kappa shape index (κ2) is 13.3. The van der Waals surface area contributed by atoms with Gasteiger partial charge in [-0.1, -0.05) is 18.9 Å². The second-order valence-electron chi connectivity index (χ2n) is 13.0. The molecule has 0 aliphatic carbocycles. The first kappa shape index (κ1) is 34.1. The summed E-state index contributed by atoms with van der Waals surface area (Å²) in [6.07, 6.45) is 1.12. The maximum absolute atomic E-state index is 14.0. The number of hydrogen-bond donors (Lipinski definition) is 1. The molecule has 9 nitrogen and oxygen atoms in total. The quantitative estimate of drug-likeness (QED) is 0.166. The Morgan fingerprint density at radius 2 is 1.96 bits per heavy atom. The Hall–Kier alpha value is -3.83. The number of carboxylic acids is 1. The van der Waals surface area contributed by atoms with E-state index in [0.717, 1.165) is 19.3 Å². The van der Waals surface area contributed by atoms with E-state index >= 15 is 0 Å². The fourth-order valence-corrected chi connectivity index (χ4v) is 6.27. The normalized spacial score (nSPS) is 20.4. The van der Waals surface area contributed by atoms with Crippen LogP contribution in [0.25, 0.3) is 10.9 Å². The third-order valence-electron chi connectivity index (χ3n) is 8.18. The maximum atomic E-state index is 14.0. The molecule has 4 rings (SSSR count). The average molecular weight is 635 g/mol. The van der Waals surface area contributed by atoms with Gasteiger partial charge >= 0.3 is 18.3 Å². The van der Waals surface area contributed by atoms with Crippen molar-refractivity contribution in [3.63, 3.8) is 0 Å². The summed E-state index contributed by atoms with van der Waals surface area (Å²) >= 11 is 0. The molecular weight excluding hydrogens is 593 g/mol. The summed E-state index contributed by atoms with van der Waals surface area (Å²) in [5.41, 5.74) is -0.166. The fourth-order valence-electron chi connectivity index (χ4n) is 6.27. The molecule has 2 aliphatic rings. The van der Waals surface area contributed by atoms with Crippen molar-refractivity contribution in [3.05, 3.63) is 42.1 Å². The molecule has 1 unspecified atom stereocenters. The molecule has 0 bridgehead atoms. The van der Waals surface area contributed by atoms with Gasteiger partial charge in [0.05, 0.1) is 24.2 Å². The number of carboxylic acid groups (broad SMARTS) is 1. The van der Waals surface area contributed by atoms with Crippen molar-refractivity contribution in [2.45, 2.75) is 109 Å². The number of esters is 1. The zero-order chi connectivity index (χ0) is 33.2. The summed E-state index contributed by atoms with van der Waals surface area (Å²) in [6, 6.07) is 2.75.